The number of aryl methyl sites for hydroxylation is 1. The van der Waals surface area contributed by atoms with E-state index in [-0.39, 0.29) is 5.78 Å². The number of carbonyl (C=O) groups is 1. The SMILES string of the molecule is Cc1noc(-c2cnc(Nc3ccc4c(c3)OC(C)(C)C4=O)nc2NCc2nccs2)n1. The second-order valence-corrected chi connectivity index (χ2v) is 8.64. The summed E-state index contributed by atoms with van der Waals surface area (Å²) in [5, 5.41) is 13.1. The zero-order valence-electron chi connectivity index (χ0n) is 17.5. The molecule has 1 aliphatic heterocycles. The van der Waals surface area contributed by atoms with Crippen LogP contribution in [0.3, 0.4) is 0 Å². The van der Waals surface area contributed by atoms with Gasteiger partial charge in [-0.15, -0.1) is 11.3 Å². The lowest BCUT2D eigenvalue weighted by atomic mass is 10.00. The van der Waals surface area contributed by atoms with Gasteiger partial charge in [-0.1, -0.05) is 5.16 Å². The van der Waals surface area contributed by atoms with E-state index in [0.29, 0.717) is 52.6 Å². The predicted octanol–water partition coefficient (Wildman–Crippen LogP) is 4.00. The van der Waals surface area contributed by atoms with Crippen LogP contribution in [0.1, 0.15) is 35.0 Å². The summed E-state index contributed by atoms with van der Waals surface area (Å²) in [5.74, 6) is 2.21. The van der Waals surface area contributed by atoms with E-state index in [0.717, 1.165) is 5.01 Å². The molecule has 5 rings (SSSR count). The summed E-state index contributed by atoms with van der Waals surface area (Å²) in [6, 6.07) is 5.30. The number of aromatic nitrogens is 5. The Kier molecular flexibility index (Phi) is 4.82. The van der Waals surface area contributed by atoms with Gasteiger partial charge in [0.15, 0.2) is 11.4 Å². The zero-order chi connectivity index (χ0) is 22.3. The number of benzene rings is 1. The first kappa shape index (κ1) is 20.1. The van der Waals surface area contributed by atoms with Gasteiger partial charge >= 0.3 is 0 Å². The minimum atomic E-state index is -0.867. The van der Waals surface area contributed by atoms with Crippen molar-refractivity contribution in [1.82, 2.24) is 25.1 Å². The summed E-state index contributed by atoms with van der Waals surface area (Å²) in [6.45, 7) is 5.74. The molecule has 0 aliphatic carbocycles. The minimum Gasteiger partial charge on any atom is -0.479 e. The fourth-order valence-electron chi connectivity index (χ4n) is 3.29. The highest BCUT2D eigenvalue weighted by molar-refractivity contribution is 7.09. The van der Waals surface area contributed by atoms with Crippen LogP contribution in [0.25, 0.3) is 11.5 Å². The van der Waals surface area contributed by atoms with Crippen molar-refractivity contribution in [3.63, 3.8) is 0 Å². The van der Waals surface area contributed by atoms with Crippen molar-refractivity contribution >= 4 is 34.6 Å². The Labute approximate surface area is 187 Å². The zero-order valence-corrected chi connectivity index (χ0v) is 18.4. The molecule has 3 aromatic heterocycles. The van der Waals surface area contributed by atoms with Crippen molar-refractivity contribution in [1.29, 1.82) is 0 Å². The highest BCUT2D eigenvalue weighted by Gasteiger charge is 2.39. The number of nitrogens with zero attached hydrogens (tertiary/aromatic N) is 5. The molecule has 10 nitrogen and oxygen atoms in total. The van der Waals surface area contributed by atoms with E-state index >= 15 is 0 Å². The fraction of sp³-hybridized carbons (Fsp3) is 0.238. The summed E-state index contributed by atoms with van der Waals surface area (Å²) in [7, 11) is 0. The Hall–Kier alpha value is -3.86. The molecule has 32 heavy (non-hydrogen) atoms. The number of fused-ring (bicyclic) bond motifs is 1. The lowest BCUT2D eigenvalue weighted by Gasteiger charge is -2.15. The van der Waals surface area contributed by atoms with E-state index in [2.05, 4.69) is 35.7 Å². The van der Waals surface area contributed by atoms with Crippen LogP contribution in [0.5, 0.6) is 5.75 Å². The van der Waals surface area contributed by atoms with Crippen LogP contribution in [0.2, 0.25) is 0 Å². The van der Waals surface area contributed by atoms with Crippen LogP contribution in [0.15, 0.2) is 40.5 Å². The van der Waals surface area contributed by atoms with Crippen LogP contribution < -0.4 is 15.4 Å². The van der Waals surface area contributed by atoms with Crippen molar-refractivity contribution in [2.45, 2.75) is 32.9 Å². The van der Waals surface area contributed by atoms with E-state index in [1.165, 1.54) is 0 Å². The van der Waals surface area contributed by atoms with Crippen molar-refractivity contribution in [3.05, 3.63) is 52.4 Å². The Morgan fingerprint density at radius 1 is 1.16 bits per heavy atom. The minimum absolute atomic E-state index is 0.0387. The summed E-state index contributed by atoms with van der Waals surface area (Å²) < 4.78 is 11.1. The van der Waals surface area contributed by atoms with Gasteiger partial charge in [0.25, 0.3) is 5.89 Å². The number of Topliss-reactive ketones (excluding diaryl/α,β-unsaturated/α-hetero) is 1. The molecule has 0 saturated carbocycles. The van der Waals surface area contributed by atoms with Gasteiger partial charge in [0.2, 0.25) is 11.7 Å². The molecule has 0 saturated heterocycles. The number of nitrogens with one attached hydrogen (secondary N) is 2. The third-order valence-electron chi connectivity index (χ3n) is 4.83. The molecule has 0 unspecified atom stereocenters. The first-order chi connectivity index (χ1) is 15.4. The number of carbonyl (C=O) groups excluding carboxylic acids is 1. The van der Waals surface area contributed by atoms with Gasteiger partial charge in [0.05, 0.1) is 12.1 Å². The number of hydrogen-bond donors (Lipinski definition) is 2. The van der Waals surface area contributed by atoms with Crippen LogP contribution in [0, 0.1) is 6.92 Å². The molecule has 0 spiro atoms. The largest absolute Gasteiger partial charge is 0.479 e. The van der Waals surface area contributed by atoms with Crippen molar-refractivity contribution in [2.75, 3.05) is 10.6 Å². The lowest BCUT2D eigenvalue weighted by molar-refractivity contribution is 0.0684. The summed E-state index contributed by atoms with van der Waals surface area (Å²) in [6.07, 6.45) is 3.36. The lowest BCUT2D eigenvalue weighted by Crippen LogP contribution is -2.31. The molecule has 1 aromatic carbocycles. The summed E-state index contributed by atoms with van der Waals surface area (Å²) >= 11 is 1.54. The molecule has 11 heteroatoms. The second-order valence-electron chi connectivity index (χ2n) is 7.66. The molecule has 0 fully saturated rings. The standard InChI is InChI=1S/C21H19N7O3S/c1-11-25-19(31-28-11)14-9-24-20(27-18(14)23-10-16-22-6-7-32-16)26-12-4-5-13-15(8-12)30-21(2,3)17(13)29/h4-9H,10H2,1-3H3,(H2,23,24,26,27). The average molecular weight is 449 g/mol. The number of thiazole rings is 1. The van der Waals surface area contributed by atoms with Gasteiger partial charge in [-0.25, -0.2) is 9.97 Å². The third kappa shape index (κ3) is 3.78. The Balaban J connectivity index is 1.43. The van der Waals surface area contributed by atoms with E-state index in [1.807, 2.05) is 5.38 Å². The van der Waals surface area contributed by atoms with Gasteiger partial charge in [-0.3, -0.25) is 4.79 Å². The smallest absolute Gasteiger partial charge is 0.263 e. The number of hydrogen-bond acceptors (Lipinski definition) is 11. The molecule has 162 valence electrons. The molecule has 4 heterocycles. The Morgan fingerprint density at radius 2 is 2.03 bits per heavy atom. The van der Waals surface area contributed by atoms with Crippen molar-refractivity contribution < 1.29 is 14.1 Å². The fourth-order valence-corrected chi connectivity index (χ4v) is 3.84. The van der Waals surface area contributed by atoms with E-state index < -0.39 is 5.60 Å². The summed E-state index contributed by atoms with van der Waals surface area (Å²) in [5.41, 5.74) is 0.974. The number of ether oxygens (including phenoxy) is 1. The van der Waals surface area contributed by atoms with E-state index in [9.17, 15) is 4.79 Å². The van der Waals surface area contributed by atoms with Gasteiger partial charge < -0.3 is 19.9 Å². The van der Waals surface area contributed by atoms with Crippen molar-refractivity contribution in [3.8, 4) is 17.2 Å². The topological polar surface area (TPSA) is 128 Å². The molecule has 0 bridgehead atoms. The summed E-state index contributed by atoms with van der Waals surface area (Å²) in [4.78, 5) is 29.9. The average Bonchev–Trinajstić information content (AvgIpc) is 3.47. The van der Waals surface area contributed by atoms with Crippen LogP contribution >= 0.6 is 11.3 Å². The van der Waals surface area contributed by atoms with Gasteiger partial charge in [0.1, 0.15) is 22.1 Å². The Bertz CT molecular complexity index is 1300. The molecular formula is C21H19N7O3S. The first-order valence-corrected chi connectivity index (χ1v) is 10.7. The molecule has 1 aliphatic rings. The molecule has 0 atom stereocenters. The number of anilines is 3. The molecule has 4 aromatic rings. The maximum atomic E-state index is 12.4. The highest BCUT2D eigenvalue weighted by Crippen LogP contribution is 2.37. The molecule has 0 amide bonds. The van der Waals surface area contributed by atoms with Gasteiger partial charge in [0, 0.05) is 29.5 Å². The normalized spacial score (nSPS) is 14.2. The maximum absolute atomic E-state index is 12.4. The van der Waals surface area contributed by atoms with Gasteiger partial charge in [-0.2, -0.15) is 9.97 Å². The van der Waals surface area contributed by atoms with Crippen molar-refractivity contribution in [2.24, 2.45) is 0 Å². The quantitative estimate of drug-likeness (QED) is 0.446. The van der Waals surface area contributed by atoms with Crippen LogP contribution in [-0.2, 0) is 6.54 Å². The molecule has 0 radical (unpaired) electrons. The number of ketones is 1. The van der Waals surface area contributed by atoms with Gasteiger partial charge in [-0.05, 0) is 32.9 Å². The third-order valence-corrected chi connectivity index (χ3v) is 5.61. The maximum Gasteiger partial charge on any atom is 0.263 e. The highest BCUT2D eigenvalue weighted by atomic mass is 32.1. The Morgan fingerprint density at radius 3 is 2.78 bits per heavy atom. The molecular weight excluding hydrogens is 430 g/mol. The first-order valence-electron chi connectivity index (χ1n) is 9.84. The second kappa shape index (κ2) is 7.68. The van der Waals surface area contributed by atoms with Crippen LogP contribution in [0.4, 0.5) is 17.5 Å². The molecule has 2 N–H and O–H groups in total. The number of rotatable bonds is 6. The predicted molar refractivity (Wildman–Crippen MR) is 118 cm³/mol. The van der Waals surface area contributed by atoms with E-state index in [4.69, 9.17) is 9.26 Å². The monoisotopic (exact) mass is 449 g/mol. The van der Waals surface area contributed by atoms with Crippen LogP contribution in [-0.4, -0.2) is 36.5 Å². The van der Waals surface area contributed by atoms with E-state index in [1.54, 1.807) is 62.7 Å².